The lowest BCUT2D eigenvalue weighted by molar-refractivity contribution is -0.135. The molecule has 0 bridgehead atoms. The van der Waals surface area contributed by atoms with Gasteiger partial charge in [0, 0.05) is 12.6 Å². The lowest BCUT2D eigenvalue weighted by Gasteiger charge is -2.31. The average Bonchev–Trinajstić information content (AvgIpc) is 2.70. The minimum Gasteiger partial charge on any atom is -0.338 e. The molecule has 1 aliphatic carbocycles. The first kappa shape index (κ1) is 11.9. The Morgan fingerprint density at radius 1 is 1.31 bits per heavy atom. The summed E-state index contributed by atoms with van der Waals surface area (Å²) in [5.74, 6) is 1.12. The maximum atomic E-state index is 12.4. The molecule has 0 aromatic rings. The van der Waals surface area contributed by atoms with Crippen LogP contribution in [0.1, 0.15) is 45.4 Å². The zero-order valence-electron chi connectivity index (χ0n) is 10.5. The molecule has 2 fully saturated rings. The number of hydrogen-bond acceptors (Lipinski definition) is 2. The summed E-state index contributed by atoms with van der Waals surface area (Å²) in [6.07, 6.45) is 7.19. The van der Waals surface area contributed by atoms with Crippen LogP contribution < -0.4 is 5.32 Å². The van der Waals surface area contributed by atoms with Gasteiger partial charge in [0.25, 0.3) is 0 Å². The van der Waals surface area contributed by atoms with Gasteiger partial charge in [-0.05, 0) is 45.1 Å². The Bertz CT molecular complexity index is 254. The quantitative estimate of drug-likeness (QED) is 0.792. The normalized spacial score (nSPS) is 35.0. The van der Waals surface area contributed by atoms with E-state index in [0.717, 1.165) is 25.3 Å². The fraction of sp³-hybridized carbons (Fsp3) is 0.923. The van der Waals surface area contributed by atoms with Gasteiger partial charge in [-0.25, -0.2) is 0 Å². The van der Waals surface area contributed by atoms with Gasteiger partial charge in [-0.15, -0.1) is 0 Å². The first-order valence-corrected chi connectivity index (χ1v) is 6.75. The van der Waals surface area contributed by atoms with Crippen LogP contribution in [0.25, 0.3) is 0 Å². The minimum absolute atomic E-state index is 0.0668. The van der Waals surface area contributed by atoms with Crippen molar-refractivity contribution in [2.75, 3.05) is 13.6 Å². The first-order valence-electron chi connectivity index (χ1n) is 6.75. The standard InChI is InChI=1S/C13H24N2O/c1-3-9-15-12-6-4-5-10(12)7-8-11(14-2)13(15)16/h10-12,14H,3-9H2,1-2H3. The molecule has 1 saturated carbocycles. The summed E-state index contributed by atoms with van der Waals surface area (Å²) in [5, 5.41) is 3.18. The van der Waals surface area contributed by atoms with E-state index in [1.807, 2.05) is 7.05 Å². The van der Waals surface area contributed by atoms with Crippen LogP contribution in [0.5, 0.6) is 0 Å². The minimum atomic E-state index is 0.0668. The molecule has 1 N–H and O–H groups in total. The summed E-state index contributed by atoms with van der Waals surface area (Å²) in [5.41, 5.74) is 0. The van der Waals surface area contributed by atoms with Crippen LogP contribution in [0.3, 0.4) is 0 Å². The Hall–Kier alpha value is -0.570. The number of carbonyl (C=O) groups excluding carboxylic acids is 1. The second-order valence-corrected chi connectivity index (χ2v) is 5.21. The highest BCUT2D eigenvalue weighted by Crippen LogP contribution is 2.36. The zero-order chi connectivity index (χ0) is 11.5. The molecular weight excluding hydrogens is 200 g/mol. The second kappa shape index (κ2) is 5.17. The van der Waals surface area contributed by atoms with Gasteiger partial charge in [0.1, 0.15) is 0 Å². The number of nitrogens with zero attached hydrogens (tertiary/aromatic N) is 1. The summed E-state index contributed by atoms with van der Waals surface area (Å²) < 4.78 is 0. The summed E-state index contributed by atoms with van der Waals surface area (Å²) in [4.78, 5) is 14.5. The maximum absolute atomic E-state index is 12.4. The molecule has 3 nitrogen and oxygen atoms in total. The highest BCUT2D eigenvalue weighted by molar-refractivity contribution is 5.82. The molecule has 0 spiro atoms. The molecule has 0 aromatic heterocycles. The van der Waals surface area contributed by atoms with E-state index in [9.17, 15) is 4.79 Å². The van der Waals surface area contributed by atoms with E-state index in [-0.39, 0.29) is 6.04 Å². The van der Waals surface area contributed by atoms with E-state index in [1.165, 1.54) is 25.7 Å². The molecule has 0 aromatic carbocycles. The van der Waals surface area contributed by atoms with Crippen molar-refractivity contribution < 1.29 is 4.79 Å². The van der Waals surface area contributed by atoms with E-state index >= 15 is 0 Å². The van der Waals surface area contributed by atoms with Crippen molar-refractivity contribution in [3.8, 4) is 0 Å². The number of rotatable bonds is 3. The Morgan fingerprint density at radius 2 is 2.12 bits per heavy atom. The smallest absolute Gasteiger partial charge is 0.239 e. The van der Waals surface area contributed by atoms with Gasteiger partial charge >= 0.3 is 0 Å². The fourth-order valence-electron chi connectivity index (χ4n) is 3.42. The third-order valence-electron chi connectivity index (χ3n) is 4.24. The lowest BCUT2D eigenvalue weighted by Crippen LogP contribution is -2.48. The van der Waals surface area contributed by atoms with Crippen LogP contribution in [0.2, 0.25) is 0 Å². The monoisotopic (exact) mass is 224 g/mol. The van der Waals surface area contributed by atoms with Crippen LogP contribution >= 0.6 is 0 Å². The predicted octanol–water partition coefficient (Wildman–Crippen LogP) is 1.78. The summed E-state index contributed by atoms with van der Waals surface area (Å²) >= 11 is 0. The lowest BCUT2D eigenvalue weighted by atomic mass is 9.97. The van der Waals surface area contributed by atoms with Crippen LogP contribution in [-0.4, -0.2) is 36.5 Å². The molecule has 1 heterocycles. The van der Waals surface area contributed by atoms with Gasteiger partial charge in [-0.3, -0.25) is 4.79 Å². The number of likely N-dealkylation sites (tertiary alicyclic amines) is 1. The number of fused-ring (bicyclic) bond motifs is 1. The molecule has 2 rings (SSSR count). The van der Waals surface area contributed by atoms with Crippen LogP contribution in [0, 0.1) is 5.92 Å². The SMILES string of the molecule is CCCN1C(=O)C(NC)CCC2CCCC21. The van der Waals surface area contributed by atoms with Crippen molar-refractivity contribution in [2.24, 2.45) is 5.92 Å². The Labute approximate surface area is 98.6 Å². The summed E-state index contributed by atoms with van der Waals surface area (Å²) in [7, 11) is 1.91. The molecule has 92 valence electrons. The van der Waals surface area contributed by atoms with Gasteiger partial charge in [0.2, 0.25) is 5.91 Å². The van der Waals surface area contributed by atoms with Crippen LogP contribution in [0.4, 0.5) is 0 Å². The Kier molecular flexibility index (Phi) is 3.85. The van der Waals surface area contributed by atoms with Gasteiger partial charge in [0.15, 0.2) is 0 Å². The van der Waals surface area contributed by atoms with Gasteiger partial charge in [0.05, 0.1) is 6.04 Å². The van der Waals surface area contributed by atoms with Crippen molar-refractivity contribution in [2.45, 2.75) is 57.5 Å². The highest BCUT2D eigenvalue weighted by Gasteiger charge is 2.39. The van der Waals surface area contributed by atoms with Gasteiger partial charge in [-0.1, -0.05) is 13.3 Å². The van der Waals surface area contributed by atoms with Crippen LogP contribution in [0.15, 0.2) is 0 Å². The number of amides is 1. The maximum Gasteiger partial charge on any atom is 0.239 e. The van der Waals surface area contributed by atoms with Crippen molar-refractivity contribution in [3.05, 3.63) is 0 Å². The number of hydrogen-bond donors (Lipinski definition) is 1. The molecule has 1 amide bonds. The molecule has 3 atom stereocenters. The van der Waals surface area contributed by atoms with Crippen molar-refractivity contribution in [1.29, 1.82) is 0 Å². The Balaban J connectivity index is 2.15. The van der Waals surface area contributed by atoms with E-state index < -0.39 is 0 Å². The van der Waals surface area contributed by atoms with Crippen molar-refractivity contribution in [3.63, 3.8) is 0 Å². The summed E-state index contributed by atoms with van der Waals surface area (Å²) in [6.45, 7) is 3.11. The molecule has 3 unspecified atom stereocenters. The van der Waals surface area contributed by atoms with E-state index in [2.05, 4.69) is 17.1 Å². The van der Waals surface area contributed by atoms with E-state index in [0.29, 0.717) is 11.9 Å². The first-order chi connectivity index (χ1) is 7.77. The third kappa shape index (κ3) is 2.10. The zero-order valence-corrected chi connectivity index (χ0v) is 10.5. The number of nitrogens with one attached hydrogen (secondary N) is 1. The Morgan fingerprint density at radius 3 is 2.81 bits per heavy atom. The summed E-state index contributed by atoms with van der Waals surface area (Å²) in [6, 6.07) is 0.614. The van der Waals surface area contributed by atoms with Crippen molar-refractivity contribution >= 4 is 5.91 Å². The molecule has 0 radical (unpaired) electrons. The topological polar surface area (TPSA) is 32.3 Å². The average molecular weight is 224 g/mol. The van der Waals surface area contributed by atoms with Crippen LogP contribution in [-0.2, 0) is 4.79 Å². The predicted molar refractivity (Wildman–Crippen MR) is 65.2 cm³/mol. The van der Waals surface area contributed by atoms with Gasteiger partial charge in [-0.2, -0.15) is 0 Å². The second-order valence-electron chi connectivity index (χ2n) is 5.21. The molecule has 16 heavy (non-hydrogen) atoms. The molecular formula is C13H24N2O. The fourth-order valence-corrected chi connectivity index (χ4v) is 3.42. The molecule has 1 saturated heterocycles. The van der Waals surface area contributed by atoms with Crippen molar-refractivity contribution in [1.82, 2.24) is 10.2 Å². The molecule has 3 heteroatoms. The van der Waals surface area contributed by atoms with E-state index in [4.69, 9.17) is 0 Å². The molecule has 1 aliphatic heterocycles. The highest BCUT2D eigenvalue weighted by atomic mass is 16.2. The third-order valence-corrected chi connectivity index (χ3v) is 4.24. The number of carbonyl (C=O) groups is 1. The number of likely N-dealkylation sites (N-methyl/N-ethyl adjacent to an activating group) is 1. The van der Waals surface area contributed by atoms with Gasteiger partial charge < -0.3 is 10.2 Å². The van der Waals surface area contributed by atoms with E-state index in [1.54, 1.807) is 0 Å². The largest absolute Gasteiger partial charge is 0.338 e. The molecule has 2 aliphatic rings.